The summed E-state index contributed by atoms with van der Waals surface area (Å²) in [6.07, 6.45) is 6.64. The van der Waals surface area contributed by atoms with Crippen molar-refractivity contribution in [2.75, 3.05) is 0 Å². The smallest absolute Gasteiger partial charge is 0.220 e. The van der Waals surface area contributed by atoms with Gasteiger partial charge in [-0.25, -0.2) is 4.98 Å². The summed E-state index contributed by atoms with van der Waals surface area (Å²) < 4.78 is 0. The number of aromatic amines is 1. The zero-order chi connectivity index (χ0) is 18.5. The zero-order valence-electron chi connectivity index (χ0n) is 15.3. The van der Waals surface area contributed by atoms with Crippen LogP contribution in [0.3, 0.4) is 0 Å². The van der Waals surface area contributed by atoms with Gasteiger partial charge in [-0.15, -0.1) is 11.3 Å². The number of nitrogens with one attached hydrogen (secondary N) is 2. The standard InChI is InChI=1S/C21H24N4OS/c26-20(11-10-19-17-8-4-5-9-18(17)24-25-19)22-13-16-14-27-21(23-16)12-15-6-2-1-3-7-15/h1-3,6-7,14H,4-5,8-13H2,(H,22,26)(H,24,25). The van der Waals surface area contributed by atoms with Gasteiger partial charge in [0.05, 0.1) is 22.9 Å². The van der Waals surface area contributed by atoms with Crippen molar-refractivity contribution >= 4 is 17.2 Å². The SMILES string of the molecule is O=C(CCc1n[nH]c2c1CCCC2)NCc1csc(Cc2ccccc2)n1. The van der Waals surface area contributed by atoms with Crippen molar-refractivity contribution in [2.24, 2.45) is 0 Å². The van der Waals surface area contributed by atoms with Gasteiger partial charge in [-0.2, -0.15) is 5.10 Å². The van der Waals surface area contributed by atoms with Crippen LogP contribution in [0.25, 0.3) is 0 Å². The molecule has 0 fully saturated rings. The average molecular weight is 381 g/mol. The molecule has 2 aromatic heterocycles. The molecule has 0 unspecified atom stereocenters. The number of carbonyl (C=O) groups excluding carboxylic acids is 1. The predicted molar refractivity (Wildman–Crippen MR) is 107 cm³/mol. The lowest BCUT2D eigenvalue weighted by Gasteiger charge is -2.11. The molecule has 0 aliphatic heterocycles. The molecule has 5 nitrogen and oxygen atoms in total. The molecule has 0 saturated heterocycles. The fraction of sp³-hybridized carbons (Fsp3) is 0.381. The quantitative estimate of drug-likeness (QED) is 0.658. The molecule has 27 heavy (non-hydrogen) atoms. The second kappa shape index (κ2) is 8.48. The molecule has 140 valence electrons. The van der Waals surface area contributed by atoms with E-state index in [0.717, 1.165) is 35.7 Å². The Hall–Kier alpha value is -2.47. The van der Waals surface area contributed by atoms with Crippen LogP contribution in [0.2, 0.25) is 0 Å². The van der Waals surface area contributed by atoms with Crippen LogP contribution in [-0.2, 0) is 37.0 Å². The van der Waals surface area contributed by atoms with Gasteiger partial charge in [-0.3, -0.25) is 9.89 Å². The highest BCUT2D eigenvalue weighted by molar-refractivity contribution is 7.09. The number of amides is 1. The van der Waals surface area contributed by atoms with Gasteiger partial charge in [-0.05, 0) is 36.8 Å². The molecule has 0 saturated carbocycles. The van der Waals surface area contributed by atoms with Crippen LogP contribution in [-0.4, -0.2) is 21.1 Å². The lowest BCUT2D eigenvalue weighted by molar-refractivity contribution is -0.121. The number of H-pyrrole nitrogens is 1. The summed E-state index contributed by atoms with van der Waals surface area (Å²) in [5, 5.41) is 13.6. The number of benzene rings is 1. The highest BCUT2D eigenvalue weighted by Gasteiger charge is 2.17. The number of hydrogen-bond acceptors (Lipinski definition) is 4. The Morgan fingerprint density at radius 2 is 2.04 bits per heavy atom. The molecule has 3 aromatic rings. The van der Waals surface area contributed by atoms with Crippen LogP contribution >= 0.6 is 11.3 Å². The Morgan fingerprint density at radius 3 is 2.93 bits per heavy atom. The predicted octanol–water partition coefficient (Wildman–Crippen LogP) is 3.58. The van der Waals surface area contributed by atoms with Gasteiger partial charge >= 0.3 is 0 Å². The number of aromatic nitrogens is 3. The Labute approximate surface area is 163 Å². The number of nitrogens with zero attached hydrogens (tertiary/aromatic N) is 2. The lowest BCUT2D eigenvalue weighted by Crippen LogP contribution is -2.23. The summed E-state index contributed by atoms with van der Waals surface area (Å²) in [5.74, 6) is 0.0557. The summed E-state index contributed by atoms with van der Waals surface area (Å²) >= 11 is 1.65. The van der Waals surface area contributed by atoms with E-state index in [4.69, 9.17) is 0 Å². The summed E-state index contributed by atoms with van der Waals surface area (Å²) in [6.45, 7) is 0.489. The van der Waals surface area contributed by atoms with Crippen molar-refractivity contribution in [1.29, 1.82) is 0 Å². The average Bonchev–Trinajstić information content (AvgIpc) is 3.32. The van der Waals surface area contributed by atoms with Crippen molar-refractivity contribution in [1.82, 2.24) is 20.5 Å². The molecule has 2 heterocycles. The van der Waals surface area contributed by atoms with Gasteiger partial charge in [0.2, 0.25) is 5.91 Å². The largest absolute Gasteiger partial charge is 0.350 e. The number of hydrogen-bond donors (Lipinski definition) is 2. The monoisotopic (exact) mass is 380 g/mol. The zero-order valence-corrected chi connectivity index (χ0v) is 16.1. The summed E-state index contributed by atoms with van der Waals surface area (Å²) in [6, 6.07) is 10.3. The third-order valence-electron chi connectivity index (χ3n) is 5.00. The summed E-state index contributed by atoms with van der Waals surface area (Å²) in [5.41, 5.74) is 5.86. The van der Waals surface area contributed by atoms with E-state index in [1.54, 1.807) is 11.3 Å². The van der Waals surface area contributed by atoms with E-state index in [9.17, 15) is 4.79 Å². The molecule has 0 spiro atoms. The van der Waals surface area contributed by atoms with Crippen LogP contribution < -0.4 is 5.32 Å². The van der Waals surface area contributed by atoms with Crippen LogP contribution in [0.5, 0.6) is 0 Å². The van der Waals surface area contributed by atoms with E-state index < -0.39 is 0 Å². The van der Waals surface area contributed by atoms with Gasteiger partial charge in [0.15, 0.2) is 0 Å². The maximum absolute atomic E-state index is 12.2. The normalized spacial score (nSPS) is 13.3. The molecular formula is C21H24N4OS. The molecule has 1 amide bonds. The highest BCUT2D eigenvalue weighted by Crippen LogP contribution is 2.22. The summed E-state index contributed by atoms with van der Waals surface area (Å²) in [4.78, 5) is 16.8. The molecule has 1 aliphatic rings. The Kier molecular flexibility index (Phi) is 5.63. The second-order valence-electron chi connectivity index (χ2n) is 7.01. The van der Waals surface area contributed by atoms with Gasteiger partial charge in [-0.1, -0.05) is 30.3 Å². The maximum Gasteiger partial charge on any atom is 0.220 e. The van der Waals surface area contributed by atoms with Crippen molar-refractivity contribution in [3.63, 3.8) is 0 Å². The van der Waals surface area contributed by atoms with Crippen LogP contribution in [0.4, 0.5) is 0 Å². The topological polar surface area (TPSA) is 70.7 Å². The van der Waals surface area contributed by atoms with Gasteiger partial charge in [0.25, 0.3) is 0 Å². The fourth-order valence-corrected chi connectivity index (χ4v) is 4.38. The Morgan fingerprint density at radius 1 is 1.19 bits per heavy atom. The second-order valence-corrected chi connectivity index (χ2v) is 7.95. The first-order chi connectivity index (χ1) is 13.3. The molecule has 2 N–H and O–H groups in total. The first-order valence-corrected chi connectivity index (χ1v) is 10.4. The minimum Gasteiger partial charge on any atom is -0.350 e. The van der Waals surface area contributed by atoms with Gasteiger partial charge in [0, 0.05) is 30.3 Å². The van der Waals surface area contributed by atoms with E-state index in [0.29, 0.717) is 19.4 Å². The first kappa shape index (κ1) is 17.9. The molecule has 0 atom stereocenters. The maximum atomic E-state index is 12.2. The van der Waals surface area contributed by atoms with E-state index in [-0.39, 0.29) is 5.91 Å². The van der Waals surface area contributed by atoms with Crippen molar-refractivity contribution < 1.29 is 4.79 Å². The molecule has 0 radical (unpaired) electrons. The number of thiazole rings is 1. The minimum atomic E-state index is 0.0557. The minimum absolute atomic E-state index is 0.0557. The van der Waals surface area contributed by atoms with E-state index >= 15 is 0 Å². The van der Waals surface area contributed by atoms with Crippen molar-refractivity contribution in [2.45, 2.75) is 51.5 Å². The molecule has 1 aromatic carbocycles. The number of rotatable bonds is 7. The number of fused-ring (bicyclic) bond motifs is 1. The fourth-order valence-electron chi connectivity index (χ4n) is 3.55. The van der Waals surface area contributed by atoms with Crippen LogP contribution in [0.15, 0.2) is 35.7 Å². The van der Waals surface area contributed by atoms with Crippen molar-refractivity contribution in [3.8, 4) is 0 Å². The van der Waals surface area contributed by atoms with Gasteiger partial charge in [0.1, 0.15) is 0 Å². The van der Waals surface area contributed by atoms with E-state index in [1.165, 1.54) is 29.7 Å². The molecule has 1 aliphatic carbocycles. The van der Waals surface area contributed by atoms with Crippen LogP contribution in [0.1, 0.15) is 52.5 Å². The Balaban J connectivity index is 1.24. The first-order valence-electron chi connectivity index (χ1n) is 9.57. The third-order valence-corrected chi connectivity index (χ3v) is 5.89. The molecule has 6 heteroatoms. The molecular weight excluding hydrogens is 356 g/mol. The van der Waals surface area contributed by atoms with E-state index in [1.807, 2.05) is 23.6 Å². The van der Waals surface area contributed by atoms with Crippen LogP contribution in [0, 0.1) is 0 Å². The third kappa shape index (κ3) is 4.63. The van der Waals surface area contributed by atoms with Crippen molar-refractivity contribution in [3.05, 3.63) is 68.9 Å². The molecule has 4 rings (SSSR count). The van der Waals surface area contributed by atoms with Gasteiger partial charge < -0.3 is 5.32 Å². The Bertz CT molecular complexity index is 900. The van der Waals surface area contributed by atoms with E-state index in [2.05, 4.69) is 32.6 Å². The molecule has 0 bridgehead atoms. The number of aryl methyl sites for hydroxylation is 2. The number of carbonyl (C=O) groups is 1. The summed E-state index contributed by atoms with van der Waals surface area (Å²) in [7, 11) is 0. The lowest BCUT2D eigenvalue weighted by atomic mass is 9.95. The highest BCUT2D eigenvalue weighted by atomic mass is 32.1.